The Balaban J connectivity index is 2.92. The number of hydrogen-bond donors (Lipinski definition) is 0. The molecule has 0 radical (unpaired) electrons. The van der Waals surface area contributed by atoms with Crippen LogP contribution >= 0.6 is 0 Å². The third kappa shape index (κ3) is 1.40. The van der Waals surface area contributed by atoms with Crippen LogP contribution < -0.4 is 0 Å². The standard InChI is InChI=1S/C7H8F4O/c1-12-7-5(10)3(8)2-4(9)6(7)11/h3-5H,2H2,1H3/t3-,4+,5?/m0/s1. The molecule has 0 spiro atoms. The molecule has 0 aromatic heterocycles. The molecule has 1 aliphatic carbocycles. The van der Waals surface area contributed by atoms with Crippen molar-refractivity contribution in [3.8, 4) is 0 Å². The van der Waals surface area contributed by atoms with Crippen LogP contribution in [0.1, 0.15) is 6.42 Å². The number of allylic oxidation sites excluding steroid dienone is 2. The minimum atomic E-state index is -2.18. The van der Waals surface area contributed by atoms with Crippen LogP contribution in [0.25, 0.3) is 0 Å². The second kappa shape index (κ2) is 3.33. The number of hydrogen-bond acceptors (Lipinski definition) is 1. The molecular weight excluding hydrogens is 176 g/mol. The van der Waals surface area contributed by atoms with Gasteiger partial charge in [0.25, 0.3) is 0 Å². The summed E-state index contributed by atoms with van der Waals surface area (Å²) >= 11 is 0. The average Bonchev–Trinajstić information content (AvgIpc) is 2.02. The minimum absolute atomic E-state index is 0.778. The Morgan fingerprint density at radius 1 is 1.33 bits per heavy atom. The van der Waals surface area contributed by atoms with Crippen LogP contribution in [0.5, 0.6) is 0 Å². The summed E-state index contributed by atoms with van der Waals surface area (Å²) in [5.74, 6) is -2.19. The van der Waals surface area contributed by atoms with E-state index < -0.39 is 36.5 Å². The van der Waals surface area contributed by atoms with Gasteiger partial charge in [-0.25, -0.2) is 17.6 Å². The lowest BCUT2D eigenvalue weighted by Gasteiger charge is -2.23. The van der Waals surface area contributed by atoms with Gasteiger partial charge in [-0.1, -0.05) is 0 Å². The zero-order valence-electron chi connectivity index (χ0n) is 6.36. The van der Waals surface area contributed by atoms with Gasteiger partial charge in [0, 0.05) is 6.42 Å². The van der Waals surface area contributed by atoms with E-state index in [2.05, 4.69) is 4.74 Å². The van der Waals surface area contributed by atoms with Crippen LogP contribution in [0.4, 0.5) is 17.6 Å². The molecule has 5 heteroatoms. The summed E-state index contributed by atoms with van der Waals surface area (Å²) in [6.45, 7) is 0. The maximum Gasteiger partial charge on any atom is 0.191 e. The number of methoxy groups -OCH3 is 1. The first kappa shape index (κ1) is 9.35. The maximum absolute atomic E-state index is 12.7. The summed E-state index contributed by atoms with van der Waals surface area (Å²) in [7, 11) is 0.978. The van der Waals surface area contributed by atoms with E-state index in [0.717, 1.165) is 7.11 Å². The highest BCUT2D eigenvalue weighted by Crippen LogP contribution is 2.32. The van der Waals surface area contributed by atoms with Crippen molar-refractivity contribution >= 4 is 0 Å². The summed E-state index contributed by atoms with van der Waals surface area (Å²) in [5.41, 5.74) is 0. The van der Waals surface area contributed by atoms with Gasteiger partial charge in [0.2, 0.25) is 0 Å². The lowest BCUT2D eigenvalue weighted by molar-refractivity contribution is 0.0693. The molecule has 0 N–H and O–H groups in total. The Bertz CT molecular complexity index is 204. The van der Waals surface area contributed by atoms with E-state index >= 15 is 0 Å². The van der Waals surface area contributed by atoms with Gasteiger partial charge in [0.15, 0.2) is 23.9 Å². The van der Waals surface area contributed by atoms with E-state index in [4.69, 9.17) is 0 Å². The molecule has 0 aromatic carbocycles. The van der Waals surface area contributed by atoms with E-state index in [9.17, 15) is 17.6 Å². The quantitative estimate of drug-likeness (QED) is 0.568. The molecule has 0 amide bonds. The van der Waals surface area contributed by atoms with Crippen LogP contribution in [-0.4, -0.2) is 25.6 Å². The van der Waals surface area contributed by atoms with E-state index in [-0.39, 0.29) is 0 Å². The molecule has 1 nitrogen and oxygen atoms in total. The smallest absolute Gasteiger partial charge is 0.191 e. The predicted octanol–water partition coefficient (Wildman–Crippen LogP) is 2.23. The van der Waals surface area contributed by atoms with E-state index in [1.165, 1.54) is 0 Å². The van der Waals surface area contributed by atoms with Gasteiger partial charge in [-0.05, 0) is 0 Å². The van der Waals surface area contributed by atoms with E-state index in [1.807, 2.05) is 0 Å². The van der Waals surface area contributed by atoms with Gasteiger partial charge in [-0.3, -0.25) is 0 Å². The highest BCUT2D eigenvalue weighted by molar-refractivity contribution is 5.17. The minimum Gasteiger partial charge on any atom is -0.495 e. The van der Waals surface area contributed by atoms with Crippen molar-refractivity contribution in [2.24, 2.45) is 0 Å². The first-order valence-corrected chi connectivity index (χ1v) is 3.43. The van der Waals surface area contributed by atoms with Crippen LogP contribution in [0.15, 0.2) is 11.6 Å². The molecule has 12 heavy (non-hydrogen) atoms. The van der Waals surface area contributed by atoms with Crippen LogP contribution in [0.2, 0.25) is 0 Å². The first-order valence-electron chi connectivity index (χ1n) is 3.43. The first-order chi connectivity index (χ1) is 5.57. The third-order valence-corrected chi connectivity index (χ3v) is 1.73. The topological polar surface area (TPSA) is 9.23 Å². The summed E-state index contributed by atoms with van der Waals surface area (Å²) < 4.78 is 54.6. The lowest BCUT2D eigenvalue weighted by atomic mass is 10.00. The van der Waals surface area contributed by atoms with Crippen molar-refractivity contribution in [2.45, 2.75) is 24.9 Å². The second-order valence-corrected chi connectivity index (χ2v) is 2.54. The SMILES string of the molecule is COC1=C(F)[C@H](F)C[C@H](F)C1F. The van der Waals surface area contributed by atoms with Crippen molar-refractivity contribution in [1.29, 1.82) is 0 Å². The average molecular weight is 184 g/mol. The second-order valence-electron chi connectivity index (χ2n) is 2.54. The summed E-state index contributed by atoms with van der Waals surface area (Å²) in [4.78, 5) is 0. The molecule has 1 unspecified atom stereocenters. The molecule has 0 saturated carbocycles. The monoisotopic (exact) mass is 184 g/mol. The molecular formula is C7H8F4O. The zero-order valence-corrected chi connectivity index (χ0v) is 6.36. The Kier molecular flexibility index (Phi) is 2.59. The number of alkyl halides is 3. The van der Waals surface area contributed by atoms with Crippen LogP contribution in [-0.2, 0) is 4.74 Å². The van der Waals surface area contributed by atoms with Crippen LogP contribution in [0, 0.1) is 0 Å². The highest BCUT2D eigenvalue weighted by atomic mass is 19.2. The predicted molar refractivity (Wildman–Crippen MR) is 34.4 cm³/mol. The molecule has 0 fully saturated rings. The Morgan fingerprint density at radius 3 is 2.42 bits per heavy atom. The number of halogens is 4. The molecule has 0 aliphatic heterocycles. The van der Waals surface area contributed by atoms with Gasteiger partial charge in [0.1, 0.15) is 6.17 Å². The molecule has 3 atom stereocenters. The highest BCUT2D eigenvalue weighted by Gasteiger charge is 2.39. The summed E-state index contributed by atoms with van der Waals surface area (Å²) in [6, 6.07) is 0. The number of rotatable bonds is 1. The Labute approximate surface area is 67.0 Å². The van der Waals surface area contributed by atoms with E-state index in [0.29, 0.717) is 0 Å². The van der Waals surface area contributed by atoms with Gasteiger partial charge >= 0.3 is 0 Å². The van der Waals surface area contributed by atoms with Crippen molar-refractivity contribution < 1.29 is 22.3 Å². The Hall–Kier alpha value is -0.740. The normalized spacial score (nSPS) is 36.9. The molecule has 0 saturated heterocycles. The van der Waals surface area contributed by atoms with Crippen molar-refractivity contribution in [2.75, 3.05) is 7.11 Å². The summed E-state index contributed by atoms with van der Waals surface area (Å²) in [6.07, 6.45) is -7.06. The summed E-state index contributed by atoms with van der Waals surface area (Å²) in [5, 5.41) is 0. The fourth-order valence-electron chi connectivity index (χ4n) is 1.08. The molecule has 0 aromatic rings. The largest absolute Gasteiger partial charge is 0.495 e. The Morgan fingerprint density at radius 2 is 1.92 bits per heavy atom. The molecule has 1 rings (SSSR count). The third-order valence-electron chi connectivity index (χ3n) is 1.73. The van der Waals surface area contributed by atoms with Crippen molar-refractivity contribution in [3.63, 3.8) is 0 Å². The fraction of sp³-hybridized carbons (Fsp3) is 0.714. The van der Waals surface area contributed by atoms with Gasteiger partial charge < -0.3 is 4.74 Å². The van der Waals surface area contributed by atoms with Gasteiger partial charge in [0.05, 0.1) is 7.11 Å². The van der Waals surface area contributed by atoms with E-state index in [1.54, 1.807) is 0 Å². The van der Waals surface area contributed by atoms with Gasteiger partial charge in [-0.15, -0.1) is 0 Å². The number of ether oxygens (including phenoxy) is 1. The van der Waals surface area contributed by atoms with Crippen molar-refractivity contribution in [3.05, 3.63) is 11.6 Å². The fourth-order valence-corrected chi connectivity index (χ4v) is 1.08. The lowest BCUT2D eigenvalue weighted by Crippen LogP contribution is -2.31. The van der Waals surface area contributed by atoms with Crippen molar-refractivity contribution in [1.82, 2.24) is 0 Å². The molecule has 70 valence electrons. The van der Waals surface area contributed by atoms with Gasteiger partial charge in [-0.2, -0.15) is 0 Å². The maximum atomic E-state index is 12.7. The van der Waals surface area contributed by atoms with Crippen LogP contribution in [0.3, 0.4) is 0 Å². The molecule has 1 aliphatic rings. The zero-order chi connectivity index (χ0) is 9.30. The molecule has 0 bridgehead atoms. The molecule has 0 heterocycles.